The van der Waals surface area contributed by atoms with Gasteiger partial charge in [0.1, 0.15) is 4.90 Å². The topological polar surface area (TPSA) is 85.5 Å². The lowest BCUT2D eigenvalue weighted by molar-refractivity contribution is -0.0120. The first kappa shape index (κ1) is 13.4. The Morgan fingerprint density at radius 3 is 3.00 bits per heavy atom. The summed E-state index contributed by atoms with van der Waals surface area (Å²) in [6.07, 6.45) is 2.64. The summed E-state index contributed by atoms with van der Waals surface area (Å²) in [5.74, 6) is 0. The zero-order valence-electron chi connectivity index (χ0n) is 10.2. The Labute approximate surface area is 107 Å². The molecule has 18 heavy (non-hydrogen) atoms. The van der Waals surface area contributed by atoms with Crippen LogP contribution in [0.2, 0.25) is 0 Å². The summed E-state index contributed by atoms with van der Waals surface area (Å²) in [4.78, 5) is 4.04. The smallest absolute Gasteiger partial charge is 0.244 e. The SMILES string of the molecule is CC(N)C1CN(S(=O)(=O)c2cccnc2)CCO1. The molecule has 0 spiro atoms. The van der Waals surface area contributed by atoms with Gasteiger partial charge >= 0.3 is 0 Å². The standard InChI is InChI=1S/C11H17N3O3S/c1-9(12)11-8-14(5-6-17-11)18(15,16)10-3-2-4-13-7-10/h2-4,7,9,11H,5-6,8,12H2,1H3. The zero-order valence-corrected chi connectivity index (χ0v) is 11.0. The highest BCUT2D eigenvalue weighted by molar-refractivity contribution is 7.89. The Bertz CT molecular complexity index is 490. The molecule has 2 rings (SSSR count). The van der Waals surface area contributed by atoms with E-state index in [1.165, 1.54) is 10.5 Å². The van der Waals surface area contributed by atoms with Crippen LogP contribution in [0.25, 0.3) is 0 Å². The number of ether oxygens (including phenoxy) is 1. The third-order valence-electron chi connectivity index (χ3n) is 2.91. The van der Waals surface area contributed by atoms with E-state index in [9.17, 15) is 8.42 Å². The molecule has 1 saturated heterocycles. The minimum Gasteiger partial charge on any atom is -0.374 e. The molecule has 0 amide bonds. The van der Waals surface area contributed by atoms with Crippen LogP contribution < -0.4 is 5.73 Å². The van der Waals surface area contributed by atoms with E-state index in [-0.39, 0.29) is 23.6 Å². The van der Waals surface area contributed by atoms with Gasteiger partial charge in [0.15, 0.2) is 0 Å². The molecule has 100 valence electrons. The average Bonchev–Trinajstić information content (AvgIpc) is 2.40. The number of pyridine rings is 1. The Morgan fingerprint density at radius 2 is 2.39 bits per heavy atom. The Balaban J connectivity index is 2.21. The van der Waals surface area contributed by atoms with Crippen LogP contribution in [0.3, 0.4) is 0 Å². The zero-order chi connectivity index (χ0) is 13.2. The van der Waals surface area contributed by atoms with Gasteiger partial charge in [0.25, 0.3) is 0 Å². The Kier molecular flexibility index (Phi) is 3.96. The minimum absolute atomic E-state index is 0.197. The van der Waals surface area contributed by atoms with Crippen LogP contribution in [0, 0.1) is 0 Å². The molecular formula is C11H17N3O3S. The molecular weight excluding hydrogens is 254 g/mol. The molecule has 2 heterocycles. The molecule has 1 aromatic rings. The largest absolute Gasteiger partial charge is 0.374 e. The number of rotatable bonds is 3. The summed E-state index contributed by atoms with van der Waals surface area (Å²) >= 11 is 0. The van der Waals surface area contributed by atoms with Crippen molar-refractivity contribution in [3.05, 3.63) is 24.5 Å². The second-order valence-corrected chi connectivity index (χ2v) is 6.26. The molecule has 0 bridgehead atoms. The van der Waals surface area contributed by atoms with Gasteiger partial charge in [-0.1, -0.05) is 0 Å². The number of nitrogens with zero attached hydrogens (tertiary/aromatic N) is 2. The summed E-state index contributed by atoms with van der Waals surface area (Å²) in [5, 5.41) is 0. The molecule has 2 N–H and O–H groups in total. The van der Waals surface area contributed by atoms with Gasteiger partial charge in [-0.2, -0.15) is 4.31 Å². The van der Waals surface area contributed by atoms with Gasteiger partial charge < -0.3 is 10.5 Å². The lowest BCUT2D eigenvalue weighted by Gasteiger charge is -2.33. The summed E-state index contributed by atoms with van der Waals surface area (Å²) in [5.41, 5.74) is 5.75. The van der Waals surface area contributed by atoms with Gasteiger partial charge in [0.05, 0.1) is 12.7 Å². The third-order valence-corrected chi connectivity index (χ3v) is 4.76. The maximum absolute atomic E-state index is 12.3. The van der Waals surface area contributed by atoms with E-state index in [1.807, 2.05) is 6.92 Å². The van der Waals surface area contributed by atoms with E-state index in [0.29, 0.717) is 13.2 Å². The quantitative estimate of drug-likeness (QED) is 0.824. The number of sulfonamides is 1. The molecule has 0 aliphatic carbocycles. The van der Waals surface area contributed by atoms with Crippen molar-refractivity contribution in [3.8, 4) is 0 Å². The van der Waals surface area contributed by atoms with Crippen LogP contribution in [0.5, 0.6) is 0 Å². The summed E-state index contributed by atoms with van der Waals surface area (Å²) < 4.78 is 31.5. The van der Waals surface area contributed by atoms with Crippen molar-refractivity contribution in [2.45, 2.75) is 24.0 Å². The molecule has 1 aliphatic heterocycles. The van der Waals surface area contributed by atoms with Crippen molar-refractivity contribution in [1.82, 2.24) is 9.29 Å². The predicted molar refractivity (Wildman–Crippen MR) is 66.4 cm³/mol. The predicted octanol–water partition coefficient (Wildman–Crippen LogP) is -0.182. The van der Waals surface area contributed by atoms with E-state index in [1.54, 1.807) is 18.3 Å². The maximum atomic E-state index is 12.3. The van der Waals surface area contributed by atoms with Crippen molar-refractivity contribution < 1.29 is 13.2 Å². The van der Waals surface area contributed by atoms with Crippen LogP contribution in [0.15, 0.2) is 29.4 Å². The molecule has 0 aromatic carbocycles. The highest BCUT2D eigenvalue weighted by Crippen LogP contribution is 2.18. The van der Waals surface area contributed by atoms with Crippen molar-refractivity contribution in [2.75, 3.05) is 19.7 Å². The van der Waals surface area contributed by atoms with Gasteiger partial charge in [0, 0.05) is 31.5 Å². The molecule has 7 heteroatoms. The second kappa shape index (κ2) is 5.31. The van der Waals surface area contributed by atoms with Crippen molar-refractivity contribution in [2.24, 2.45) is 5.73 Å². The minimum atomic E-state index is -3.49. The number of morpholine rings is 1. The van der Waals surface area contributed by atoms with Crippen LogP contribution in [-0.4, -0.2) is 49.5 Å². The maximum Gasteiger partial charge on any atom is 0.244 e. The van der Waals surface area contributed by atoms with E-state index in [2.05, 4.69) is 4.98 Å². The third kappa shape index (κ3) is 2.69. The molecule has 1 aliphatic rings. The molecule has 0 radical (unpaired) electrons. The Morgan fingerprint density at radius 1 is 1.61 bits per heavy atom. The number of aromatic nitrogens is 1. The molecule has 2 unspecified atom stereocenters. The summed E-state index contributed by atoms with van der Waals surface area (Å²) in [7, 11) is -3.49. The van der Waals surface area contributed by atoms with Crippen molar-refractivity contribution in [1.29, 1.82) is 0 Å². The first-order valence-corrected chi connectivity index (χ1v) is 7.23. The first-order chi connectivity index (χ1) is 8.51. The summed E-state index contributed by atoms with van der Waals surface area (Å²) in [6, 6.07) is 2.95. The molecule has 6 nitrogen and oxygen atoms in total. The normalized spacial score (nSPS) is 23.8. The average molecular weight is 271 g/mol. The number of nitrogens with two attached hydrogens (primary N) is 1. The first-order valence-electron chi connectivity index (χ1n) is 5.79. The van der Waals surface area contributed by atoms with E-state index in [4.69, 9.17) is 10.5 Å². The van der Waals surface area contributed by atoms with Gasteiger partial charge in [0.2, 0.25) is 10.0 Å². The van der Waals surface area contributed by atoms with Gasteiger partial charge in [-0.05, 0) is 19.1 Å². The fourth-order valence-corrected chi connectivity index (χ4v) is 3.24. The fourth-order valence-electron chi connectivity index (χ4n) is 1.84. The lowest BCUT2D eigenvalue weighted by Crippen LogP contribution is -2.51. The van der Waals surface area contributed by atoms with Gasteiger partial charge in [-0.3, -0.25) is 4.98 Å². The molecule has 1 aromatic heterocycles. The van der Waals surface area contributed by atoms with E-state index >= 15 is 0 Å². The fraction of sp³-hybridized carbons (Fsp3) is 0.545. The van der Waals surface area contributed by atoms with E-state index < -0.39 is 10.0 Å². The molecule has 2 atom stereocenters. The highest BCUT2D eigenvalue weighted by Gasteiger charge is 2.32. The molecule has 1 fully saturated rings. The van der Waals surface area contributed by atoms with Crippen molar-refractivity contribution >= 4 is 10.0 Å². The monoisotopic (exact) mass is 271 g/mol. The lowest BCUT2D eigenvalue weighted by atomic mass is 10.2. The van der Waals surface area contributed by atoms with Crippen LogP contribution in [0.4, 0.5) is 0 Å². The van der Waals surface area contributed by atoms with Gasteiger partial charge in [-0.15, -0.1) is 0 Å². The van der Waals surface area contributed by atoms with E-state index in [0.717, 1.165) is 0 Å². The van der Waals surface area contributed by atoms with Crippen LogP contribution in [-0.2, 0) is 14.8 Å². The number of hydrogen-bond donors (Lipinski definition) is 1. The highest BCUT2D eigenvalue weighted by atomic mass is 32.2. The number of hydrogen-bond acceptors (Lipinski definition) is 5. The van der Waals surface area contributed by atoms with Crippen LogP contribution in [0.1, 0.15) is 6.92 Å². The molecule has 0 saturated carbocycles. The van der Waals surface area contributed by atoms with Crippen LogP contribution >= 0.6 is 0 Å². The Hall–Kier alpha value is -1.02. The summed E-state index contributed by atoms with van der Waals surface area (Å²) in [6.45, 7) is 2.81. The second-order valence-electron chi connectivity index (χ2n) is 4.32. The van der Waals surface area contributed by atoms with Gasteiger partial charge in [-0.25, -0.2) is 8.42 Å². The van der Waals surface area contributed by atoms with Crippen molar-refractivity contribution in [3.63, 3.8) is 0 Å².